The smallest absolute Gasteiger partial charge is 0.0662 e. The van der Waals surface area contributed by atoms with Gasteiger partial charge < -0.3 is 4.90 Å². The number of hydrogen-bond donors (Lipinski definition) is 0. The third-order valence-corrected chi connectivity index (χ3v) is 2.80. The summed E-state index contributed by atoms with van der Waals surface area (Å²) in [5, 5.41) is 9.20. The molecule has 1 aromatic rings. The fourth-order valence-electron chi connectivity index (χ4n) is 1.95. The van der Waals surface area contributed by atoms with E-state index in [9.17, 15) is 5.26 Å². The third-order valence-electron chi connectivity index (χ3n) is 2.80. The average molecular weight is 216 g/mol. The van der Waals surface area contributed by atoms with Gasteiger partial charge in [0.15, 0.2) is 0 Å². The zero-order chi connectivity index (χ0) is 12.0. The van der Waals surface area contributed by atoms with Gasteiger partial charge in [0, 0.05) is 6.54 Å². The van der Waals surface area contributed by atoms with Crippen LogP contribution >= 0.6 is 0 Å². The Bertz CT molecular complexity index is 338. The van der Waals surface area contributed by atoms with Crippen LogP contribution in [0.4, 0.5) is 0 Å². The summed E-state index contributed by atoms with van der Waals surface area (Å²) in [5.74, 6) is 0.505. The number of benzene rings is 1. The first-order chi connectivity index (χ1) is 7.63. The Morgan fingerprint density at radius 3 is 2.38 bits per heavy atom. The maximum Gasteiger partial charge on any atom is 0.0662 e. The molecule has 0 bridgehead atoms. The van der Waals surface area contributed by atoms with E-state index in [1.807, 2.05) is 32.3 Å². The lowest BCUT2D eigenvalue weighted by atomic mass is 9.89. The van der Waals surface area contributed by atoms with Gasteiger partial charge in [-0.05, 0) is 32.0 Å². The molecule has 2 nitrogen and oxygen atoms in total. The molecule has 2 heteroatoms. The minimum Gasteiger partial charge on any atom is -0.309 e. The van der Waals surface area contributed by atoms with Crippen molar-refractivity contribution < 1.29 is 0 Å². The molecule has 2 unspecified atom stereocenters. The van der Waals surface area contributed by atoms with Crippen LogP contribution in [-0.4, -0.2) is 25.5 Å². The zero-order valence-electron chi connectivity index (χ0n) is 10.4. The summed E-state index contributed by atoms with van der Waals surface area (Å²) >= 11 is 0. The minimum absolute atomic E-state index is 0.102. The molecule has 1 aromatic carbocycles. The summed E-state index contributed by atoms with van der Waals surface area (Å²) in [4.78, 5) is 2.14. The second kappa shape index (κ2) is 6.30. The fraction of sp³-hybridized carbons (Fsp3) is 0.500. The second-order valence-electron chi connectivity index (χ2n) is 4.66. The van der Waals surface area contributed by atoms with Gasteiger partial charge >= 0.3 is 0 Å². The molecule has 0 aliphatic carbocycles. The quantitative estimate of drug-likeness (QED) is 0.756. The van der Waals surface area contributed by atoms with Crippen molar-refractivity contribution in [3.8, 4) is 6.07 Å². The van der Waals surface area contributed by atoms with Crippen molar-refractivity contribution >= 4 is 0 Å². The van der Waals surface area contributed by atoms with E-state index in [0.717, 1.165) is 13.0 Å². The number of nitrogens with zero attached hydrogens (tertiary/aromatic N) is 2. The SMILES string of the molecule is CC(CN(C)C)C(C#N)Cc1ccccc1. The topological polar surface area (TPSA) is 27.0 Å². The van der Waals surface area contributed by atoms with E-state index in [2.05, 4.69) is 30.0 Å². The molecule has 0 amide bonds. The van der Waals surface area contributed by atoms with Gasteiger partial charge in [0.1, 0.15) is 0 Å². The summed E-state index contributed by atoms with van der Waals surface area (Å²) in [6.45, 7) is 3.11. The van der Waals surface area contributed by atoms with Crippen LogP contribution in [0, 0.1) is 23.2 Å². The molecular formula is C14H20N2. The predicted molar refractivity (Wildman–Crippen MR) is 67.0 cm³/mol. The lowest BCUT2D eigenvalue weighted by Gasteiger charge is -2.21. The van der Waals surface area contributed by atoms with E-state index in [4.69, 9.17) is 0 Å². The molecular weight excluding hydrogens is 196 g/mol. The molecule has 0 heterocycles. The first kappa shape index (κ1) is 12.7. The molecule has 0 aliphatic heterocycles. The van der Waals surface area contributed by atoms with E-state index in [-0.39, 0.29) is 5.92 Å². The highest BCUT2D eigenvalue weighted by atomic mass is 15.1. The molecule has 1 rings (SSSR count). The average Bonchev–Trinajstić information content (AvgIpc) is 2.26. The van der Waals surface area contributed by atoms with Crippen LogP contribution in [0.1, 0.15) is 12.5 Å². The van der Waals surface area contributed by atoms with Crippen LogP contribution in [0.2, 0.25) is 0 Å². The van der Waals surface area contributed by atoms with Crippen molar-refractivity contribution in [1.29, 1.82) is 5.26 Å². The number of nitriles is 1. The maximum atomic E-state index is 9.20. The lowest BCUT2D eigenvalue weighted by Crippen LogP contribution is -2.26. The highest BCUT2D eigenvalue weighted by Crippen LogP contribution is 2.17. The maximum absolute atomic E-state index is 9.20. The van der Waals surface area contributed by atoms with E-state index in [1.54, 1.807) is 0 Å². The van der Waals surface area contributed by atoms with Gasteiger partial charge in [-0.2, -0.15) is 5.26 Å². The highest BCUT2D eigenvalue weighted by Gasteiger charge is 2.17. The molecule has 86 valence electrons. The first-order valence-electron chi connectivity index (χ1n) is 5.71. The molecule has 0 fully saturated rings. The van der Waals surface area contributed by atoms with Crippen molar-refractivity contribution in [3.63, 3.8) is 0 Å². The zero-order valence-corrected chi connectivity index (χ0v) is 10.4. The molecule has 0 aromatic heterocycles. The van der Waals surface area contributed by atoms with Gasteiger partial charge in [-0.25, -0.2) is 0 Å². The van der Waals surface area contributed by atoms with E-state index >= 15 is 0 Å². The number of hydrogen-bond acceptors (Lipinski definition) is 2. The predicted octanol–water partition coefficient (Wildman–Crippen LogP) is 2.57. The molecule has 2 atom stereocenters. The largest absolute Gasteiger partial charge is 0.309 e. The van der Waals surface area contributed by atoms with E-state index in [0.29, 0.717) is 5.92 Å². The molecule has 0 radical (unpaired) electrons. The van der Waals surface area contributed by atoms with Gasteiger partial charge in [-0.15, -0.1) is 0 Å². The summed E-state index contributed by atoms with van der Waals surface area (Å²) in [7, 11) is 4.10. The first-order valence-corrected chi connectivity index (χ1v) is 5.71. The second-order valence-corrected chi connectivity index (χ2v) is 4.66. The van der Waals surface area contributed by atoms with Crippen molar-refractivity contribution in [1.82, 2.24) is 4.90 Å². The van der Waals surface area contributed by atoms with Crippen molar-refractivity contribution in [2.75, 3.05) is 20.6 Å². The Labute approximate surface area is 98.5 Å². The van der Waals surface area contributed by atoms with Gasteiger partial charge in [-0.3, -0.25) is 0 Å². The Balaban J connectivity index is 2.59. The molecule has 0 N–H and O–H groups in total. The van der Waals surface area contributed by atoms with Crippen molar-refractivity contribution in [2.24, 2.45) is 11.8 Å². The summed E-state index contributed by atoms with van der Waals surface area (Å²) < 4.78 is 0. The molecule has 0 saturated carbocycles. The van der Waals surface area contributed by atoms with Crippen molar-refractivity contribution in [2.45, 2.75) is 13.3 Å². The van der Waals surface area contributed by atoms with Gasteiger partial charge in [0.25, 0.3) is 0 Å². The van der Waals surface area contributed by atoms with Gasteiger partial charge in [0.05, 0.1) is 12.0 Å². The molecule has 16 heavy (non-hydrogen) atoms. The van der Waals surface area contributed by atoms with Crippen LogP contribution in [0.25, 0.3) is 0 Å². The monoisotopic (exact) mass is 216 g/mol. The number of rotatable bonds is 5. The van der Waals surface area contributed by atoms with Crippen LogP contribution in [0.5, 0.6) is 0 Å². The van der Waals surface area contributed by atoms with Gasteiger partial charge in [0.2, 0.25) is 0 Å². The Morgan fingerprint density at radius 2 is 1.88 bits per heavy atom. The van der Waals surface area contributed by atoms with Gasteiger partial charge in [-0.1, -0.05) is 37.3 Å². The lowest BCUT2D eigenvalue weighted by molar-refractivity contribution is 0.295. The normalized spacial score (nSPS) is 14.4. The van der Waals surface area contributed by atoms with Crippen molar-refractivity contribution in [3.05, 3.63) is 35.9 Å². The summed E-state index contributed by atoms with van der Waals surface area (Å²) in [5.41, 5.74) is 1.25. The molecule has 0 spiro atoms. The van der Waals surface area contributed by atoms with Crippen LogP contribution in [0.15, 0.2) is 30.3 Å². The highest BCUT2D eigenvalue weighted by molar-refractivity contribution is 5.16. The minimum atomic E-state index is 0.102. The Morgan fingerprint density at radius 1 is 1.25 bits per heavy atom. The summed E-state index contributed by atoms with van der Waals surface area (Å²) in [6.07, 6.45) is 0.854. The third kappa shape index (κ3) is 4.04. The molecule has 0 aliphatic rings. The van der Waals surface area contributed by atoms with E-state index < -0.39 is 0 Å². The standard InChI is InChI=1S/C14H20N2/c1-12(11-16(2)3)14(10-15)9-13-7-5-4-6-8-13/h4-8,12,14H,9,11H2,1-3H3. The molecule has 0 saturated heterocycles. The van der Waals surface area contributed by atoms with Crippen LogP contribution in [-0.2, 0) is 6.42 Å². The van der Waals surface area contributed by atoms with E-state index in [1.165, 1.54) is 5.56 Å². The fourth-order valence-corrected chi connectivity index (χ4v) is 1.95. The van der Waals surface area contributed by atoms with Crippen LogP contribution < -0.4 is 0 Å². The van der Waals surface area contributed by atoms with Crippen LogP contribution in [0.3, 0.4) is 0 Å². The Kier molecular flexibility index (Phi) is 5.01. The summed E-state index contributed by atoms with van der Waals surface area (Å²) in [6, 6.07) is 12.7. The Hall–Kier alpha value is -1.33.